The van der Waals surface area contributed by atoms with Gasteiger partial charge in [0.2, 0.25) is 0 Å². The molecule has 2 aliphatic rings. The highest BCUT2D eigenvalue weighted by Gasteiger charge is 2.33. The lowest BCUT2D eigenvalue weighted by Gasteiger charge is -2.30. The summed E-state index contributed by atoms with van der Waals surface area (Å²) in [5.41, 5.74) is 0. The minimum absolute atomic E-state index is 0.812. The Kier molecular flexibility index (Phi) is 4.12. The molecule has 2 aliphatic carbocycles. The molecule has 0 aromatic heterocycles. The van der Waals surface area contributed by atoms with Gasteiger partial charge in [-0.25, -0.2) is 0 Å². The summed E-state index contributed by atoms with van der Waals surface area (Å²) in [5.74, 6) is 0.812. The van der Waals surface area contributed by atoms with Crippen LogP contribution >= 0.6 is 11.6 Å². The lowest BCUT2D eigenvalue weighted by Crippen LogP contribution is -2.38. The molecular formula is C12H22ClN. The van der Waals surface area contributed by atoms with E-state index in [1.165, 1.54) is 51.4 Å². The first-order valence-corrected chi connectivity index (χ1v) is 6.77. The summed E-state index contributed by atoms with van der Waals surface area (Å²) in [6.07, 6.45) is 11.5. The molecule has 0 aromatic rings. The van der Waals surface area contributed by atoms with Crippen molar-refractivity contribution in [1.82, 2.24) is 4.90 Å². The third kappa shape index (κ3) is 2.87. The lowest BCUT2D eigenvalue weighted by atomic mass is 10.1. The zero-order valence-corrected chi connectivity index (χ0v) is 9.81. The molecular weight excluding hydrogens is 194 g/mol. The molecule has 82 valence electrons. The van der Waals surface area contributed by atoms with Gasteiger partial charge in [0.25, 0.3) is 0 Å². The highest BCUT2D eigenvalue weighted by atomic mass is 35.5. The van der Waals surface area contributed by atoms with Crippen LogP contribution in [0.1, 0.15) is 51.4 Å². The molecule has 0 amide bonds. The number of hydrogen-bond acceptors (Lipinski definition) is 1. The van der Waals surface area contributed by atoms with Gasteiger partial charge >= 0.3 is 0 Å². The van der Waals surface area contributed by atoms with Gasteiger partial charge in [-0.05, 0) is 25.7 Å². The van der Waals surface area contributed by atoms with Crippen LogP contribution in [-0.2, 0) is 0 Å². The average molecular weight is 216 g/mol. The van der Waals surface area contributed by atoms with E-state index in [9.17, 15) is 0 Å². The Hall–Kier alpha value is 0.250. The van der Waals surface area contributed by atoms with Crippen LogP contribution in [0, 0.1) is 0 Å². The first kappa shape index (κ1) is 10.8. The predicted molar refractivity (Wildman–Crippen MR) is 61.9 cm³/mol. The van der Waals surface area contributed by atoms with Crippen molar-refractivity contribution in [2.45, 2.75) is 63.5 Å². The summed E-state index contributed by atoms with van der Waals surface area (Å²) >= 11 is 5.89. The molecule has 0 unspecified atom stereocenters. The SMILES string of the molecule is ClCCN(C1CCCCCC1)C1CC1. The third-order valence-electron chi connectivity index (χ3n) is 3.65. The topological polar surface area (TPSA) is 3.24 Å². The Morgan fingerprint density at radius 2 is 1.43 bits per heavy atom. The van der Waals surface area contributed by atoms with E-state index in [0.717, 1.165) is 24.5 Å². The summed E-state index contributed by atoms with van der Waals surface area (Å²) < 4.78 is 0. The normalized spacial score (nSPS) is 25.3. The molecule has 1 nitrogen and oxygen atoms in total. The van der Waals surface area contributed by atoms with Crippen LogP contribution < -0.4 is 0 Å². The first-order chi connectivity index (χ1) is 6.92. The monoisotopic (exact) mass is 215 g/mol. The summed E-state index contributed by atoms with van der Waals surface area (Å²) in [4.78, 5) is 2.71. The first-order valence-electron chi connectivity index (χ1n) is 6.23. The summed E-state index contributed by atoms with van der Waals surface area (Å²) in [5, 5.41) is 0. The Labute approximate surface area is 92.8 Å². The van der Waals surface area contributed by atoms with Crippen LogP contribution in [-0.4, -0.2) is 29.4 Å². The minimum atomic E-state index is 0.812. The van der Waals surface area contributed by atoms with Crippen molar-refractivity contribution in [1.29, 1.82) is 0 Å². The van der Waals surface area contributed by atoms with Crippen LogP contribution in [0.25, 0.3) is 0 Å². The van der Waals surface area contributed by atoms with Crippen molar-refractivity contribution in [3.8, 4) is 0 Å². The fraction of sp³-hybridized carbons (Fsp3) is 1.00. The number of halogens is 1. The van der Waals surface area contributed by atoms with E-state index in [1.54, 1.807) is 0 Å². The molecule has 0 radical (unpaired) electrons. The molecule has 2 fully saturated rings. The Morgan fingerprint density at radius 3 is 1.93 bits per heavy atom. The van der Waals surface area contributed by atoms with Gasteiger partial charge in [-0.3, -0.25) is 4.90 Å². The van der Waals surface area contributed by atoms with E-state index in [4.69, 9.17) is 11.6 Å². The second kappa shape index (κ2) is 5.37. The zero-order valence-electron chi connectivity index (χ0n) is 9.05. The van der Waals surface area contributed by atoms with E-state index < -0.39 is 0 Å². The second-order valence-electron chi connectivity index (χ2n) is 4.80. The number of nitrogens with zero attached hydrogens (tertiary/aromatic N) is 1. The van der Waals surface area contributed by atoms with Gasteiger partial charge in [-0.15, -0.1) is 11.6 Å². The van der Waals surface area contributed by atoms with Gasteiger partial charge in [0, 0.05) is 24.5 Å². The summed E-state index contributed by atoms with van der Waals surface area (Å²) in [7, 11) is 0. The van der Waals surface area contributed by atoms with E-state index >= 15 is 0 Å². The molecule has 0 saturated heterocycles. The van der Waals surface area contributed by atoms with Gasteiger partial charge < -0.3 is 0 Å². The van der Waals surface area contributed by atoms with Crippen molar-refractivity contribution in [2.75, 3.05) is 12.4 Å². The minimum Gasteiger partial charge on any atom is -0.296 e. The Bertz CT molecular complexity index is 160. The second-order valence-corrected chi connectivity index (χ2v) is 5.18. The maximum atomic E-state index is 5.89. The maximum Gasteiger partial charge on any atom is 0.0351 e. The van der Waals surface area contributed by atoms with Crippen LogP contribution in [0.2, 0.25) is 0 Å². The molecule has 0 bridgehead atoms. The molecule has 0 atom stereocenters. The van der Waals surface area contributed by atoms with Crippen LogP contribution in [0.4, 0.5) is 0 Å². The van der Waals surface area contributed by atoms with Crippen LogP contribution in [0.15, 0.2) is 0 Å². The molecule has 0 N–H and O–H groups in total. The summed E-state index contributed by atoms with van der Waals surface area (Å²) in [6.45, 7) is 1.12. The van der Waals surface area contributed by atoms with Crippen molar-refractivity contribution in [3.05, 3.63) is 0 Å². The largest absolute Gasteiger partial charge is 0.296 e. The van der Waals surface area contributed by atoms with Crippen molar-refractivity contribution in [2.24, 2.45) is 0 Å². The van der Waals surface area contributed by atoms with Crippen LogP contribution in [0.5, 0.6) is 0 Å². The maximum absolute atomic E-state index is 5.89. The fourth-order valence-corrected chi connectivity index (χ4v) is 2.95. The molecule has 0 spiro atoms. The Balaban J connectivity index is 1.86. The van der Waals surface area contributed by atoms with Gasteiger partial charge in [0.05, 0.1) is 0 Å². The number of hydrogen-bond donors (Lipinski definition) is 0. The van der Waals surface area contributed by atoms with Gasteiger partial charge in [-0.2, -0.15) is 0 Å². The highest BCUT2D eigenvalue weighted by molar-refractivity contribution is 6.18. The zero-order chi connectivity index (χ0) is 9.80. The van der Waals surface area contributed by atoms with E-state index in [2.05, 4.69) is 4.90 Å². The number of rotatable bonds is 4. The molecule has 0 aliphatic heterocycles. The molecule has 2 heteroatoms. The van der Waals surface area contributed by atoms with Crippen molar-refractivity contribution >= 4 is 11.6 Å². The Morgan fingerprint density at radius 1 is 0.857 bits per heavy atom. The van der Waals surface area contributed by atoms with Crippen LogP contribution in [0.3, 0.4) is 0 Å². The van der Waals surface area contributed by atoms with E-state index in [1.807, 2.05) is 0 Å². The molecule has 2 saturated carbocycles. The smallest absolute Gasteiger partial charge is 0.0351 e. The molecule has 2 rings (SSSR count). The van der Waals surface area contributed by atoms with Gasteiger partial charge in [0.15, 0.2) is 0 Å². The molecule has 14 heavy (non-hydrogen) atoms. The van der Waals surface area contributed by atoms with Crippen molar-refractivity contribution in [3.63, 3.8) is 0 Å². The molecule has 0 aromatic carbocycles. The van der Waals surface area contributed by atoms with Crippen molar-refractivity contribution < 1.29 is 0 Å². The van der Waals surface area contributed by atoms with Gasteiger partial charge in [-0.1, -0.05) is 25.7 Å². The van der Waals surface area contributed by atoms with E-state index in [0.29, 0.717) is 0 Å². The highest BCUT2D eigenvalue weighted by Crippen LogP contribution is 2.32. The molecule has 0 heterocycles. The quantitative estimate of drug-likeness (QED) is 0.513. The average Bonchev–Trinajstić information content (AvgIpc) is 3.02. The fourth-order valence-electron chi connectivity index (χ4n) is 2.76. The standard InChI is InChI=1S/C12H22ClN/c13-9-10-14(12-7-8-12)11-5-3-1-2-4-6-11/h11-12H,1-10H2. The van der Waals surface area contributed by atoms with Gasteiger partial charge in [0.1, 0.15) is 0 Å². The summed E-state index contributed by atoms with van der Waals surface area (Å²) in [6, 6.07) is 1.76. The lowest BCUT2D eigenvalue weighted by molar-refractivity contribution is 0.179. The van der Waals surface area contributed by atoms with E-state index in [-0.39, 0.29) is 0 Å². The number of alkyl halides is 1. The third-order valence-corrected chi connectivity index (χ3v) is 3.82. The predicted octanol–water partition coefficient (Wildman–Crippen LogP) is 3.41.